The quantitative estimate of drug-likeness (QED) is 0.537. The maximum absolute atomic E-state index is 11.4. The summed E-state index contributed by atoms with van der Waals surface area (Å²) in [6.07, 6.45) is 1.95. The second-order valence-corrected chi connectivity index (χ2v) is 5.65. The fourth-order valence-electron chi connectivity index (χ4n) is 3.00. The van der Waals surface area contributed by atoms with Crippen molar-refractivity contribution < 1.29 is 15.0 Å². The van der Waals surface area contributed by atoms with Crippen molar-refractivity contribution in [1.29, 1.82) is 0 Å². The number of aliphatic hydroxyl groups excluding tert-OH is 1. The number of nitro benzene ring substituents is 2. The van der Waals surface area contributed by atoms with E-state index in [-0.39, 0.29) is 22.5 Å². The van der Waals surface area contributed by atoms with Gasteiger partial charge in [-0.1, -0.05) is 24.3 Å². The Morgan fingerprint density at radius 2 is 1.23 bits per heavy atom. The van der Waals surface area contributed by atoms with Crippen LogP contribution in [0.15, 0.2) is 73.1 Å². The minimum Gasteiger partial charge on any atom is -0.386 e. The minimum atomic E-state index is -1.36. The average molecular weight is 353 g/mol. The molecule has 0 saturated carbocycles. The zero-order valence-corrected chi connectivity index (χ0v) is 13.5. The molecule has 2 atom stereocenters. The summed E-state index contributed by atoms with van der Waals surface area (Å²) in [5.41, 5.74) is -0.0479. The second kappa shape index (κ2) is 7.16. The van der Waals surface area contributed by atoms with Crippen LogP contribution in [0.3, 0.4) is 0 Å². The molecule has 1 N–H and O–H groups in total. The lowest BCUT2D eigenvalue weighted by Gasteiger charge is -2.25. The molecule has 0 fully saturated rings. The number of nitrogens with zero attached hydrogens (tertiary/aromatic N) is 3. The predicted octanol–water partition coefficient (Wildman–Crippen LogP) is 3.63. The maximum Gasteiger partial charge on any atom is 0.275 e. The smallest absolute Gasteiger partial charge is 0.275 e. The van der Waals surface area contributed by atoms with Gasteiger partial charge in [0.1, 0.15) is 6.10 Å². The Balaban J connectivity index is 2.19. The van der Waals surface area contributed by atoms with Crippen molar-refractivity contribution in [2.45, 2.75) is 12.1 Å². The molecule has 0 amide bonds. The summed E-state index contributed by atoms with van der Waals surface area (Å²) in [5, 5.41) is 33.8. The number of hydrogen-bond acceptors (Lipinski definition) is 5. The van der Waals surface area contributed by atoms with Gasteiger partial charge >= 0.3 is 0 Å². The van der Waals surface area contributed by atoms with Crippen LogP contribution in [-0.2, 0) is 0 Å². The van der Waals surface area contributed by atoms with Crippen molar-refractivity contribution in [2.75, 3.05) is 0 Å². The summed E-state index contributed by atoms with van der Waals surface area (Å²) in [6, 6.07) is 14.4. The van der Waals surface area contributed by atoms with E-state index in [4.69, 9.17) is 0 Å². The van der Waals surface area contributed by atoms with E-state index in [1.807, 2.05) is 0 Å². The third kappa shape index (κ3) is 3.17. The molecule has 2 aromatic carbocycles. The first-order valence-corrected chi connectivity index (χ1v) is 7.78. The molecule has 3 rings (SSSR count). The summed E-state index contributed by atoms with van der Waals surface area (Å²) < 4.78 is 1.60. The van der Waals surface area contributed by atoms with E-state index in [0.29, 0.717) is 0 Å². The third-order valence-corrected chi connectivity index (χ3v) is 4.15. The summed E-state index contributed by atoms with van der Waals surface area (Å²) in [5.74, 6) is 0. The zero-order chi connectivity index (χ0) is 18.7. The predicted molar refractivity (Wildman–Crippen MR) is 93.7 cm³/mol. The van der Waals surface area contributed by atoms with Gasteiger partial charge in [0.15, 0.2) is 0 Å². The molecule has 0 bridgehead atoms. The van der Waals surface area contributed by atoms with Crippen molar-refractivity contribution in [3.63, 3.8) is 0 Å². The van der Waals surface area contributed by atoms with Crippen LogP contribution in [0.5, 0.6) is 0 Å². The number of hydrogen-bond donors (Lipinski definition) is 1. The van der Waals surface area contributed by atoms with E-state index >= 15 is 0 Å². The summed E-state index contributed by atoms with van der Waals surface area (Å²) in [4.78, 5) is 21.7. The van der Waals surface area contributed by atoms with E-state index in [9.17, 15) is 25.3 Å². The van der Waals surface area contributed by atoms with Crippen LogP contribution in [0.1, 0.15) is 23.3 Å². The van der Waals surface area contributed by atoms with Crippen LogP contribution >= 0.6 is 0 Å². The van der Waals surface area contributed by atoms with Crippen LogP contribution in [0.4, 0.5) is 11.4 Å². The Hall–Kier alpha value is -3.52. The van der Waals surface area contributed by atoms with E-state index < -0.39 is 22.0 Å². The molecule has 26 heavy (non-hydrogen) atoms. The molecule has 3 aromatic rings. The lowest BCUT2D eigenvalue weighted by molar-refractivity contribution is -0.387. The number of rotatable bonds is 6. The standard InChI is InChI=1S/C18H15N3O5/c22-18(14-8-2-4-10-16(14)21(25)26)17(19-11-5-6-12-19)13-7-1-3-9-15(13)20(23)24/h1-12,17-18,22H. The van der Waals surface area contributed by atoms with Gasteiger partial charge in [0, 0.05) is 24.5 Å². The molecule has 2 unspecified atom stereocenters. The molecule has 0 aliphatic rings. The van der Waals surface area contributed by atoms with E-state index in [2.05, 4.69) is 0 Å². The van der Waals surface area contributed by atoms with E-state index in [1.54, 1.807) is 47.3 Å². The summed E-state index contributed by atoms with van der Waals surface area (Å²) in [7, 11) is 0. The molecule has 8 nitrogen and oxygen atoms in total. The first-order valence-electron chi connectivity index (χ1n) is 7.78. The van der Waals surface area contributed by atoms with Crippen LogP contribution in [0, 0.1) is 20.2 Å². The van der Waals surface area contributed by atoms with E-state index in [1.165, 1.54) is 30.3 Å². The van der Waals surface area contributed by atoms with Gasteiger partial charge in [-0.15, -0.1) is 0 Å². The van der Waals surface area contributed by atoms with Gasteiger partial charge in [-0.3, -0.25) is 20.2 Å². The van der Waals surface area contributed by atoms with Crippen molar-refractivity contribution in [3.05, 3.63) is 104 Å². The molecule has 132 valence electrons. The fraction of sp³-hybridized carbons (Fsp3) is 0.111. The van der Waals surface area contributed by atoms with Gasteiger partial charge in [-0.2, -0.15) is 0 Å². The number of para-hydroxylation sites is 2. The Labute approximate surface area is 148 Å². The summed E-state index contributed by atoms with van der Waals surface area (Å²) in [6.45, 7) is 0. The van der Waals surface area contributed by atoms with Gasteiger partial charge in [0.25, 0.3) is 11.4 Å². The first kappa shape index (κ1) is 17.3. The van der Waals surface area contributed by atoms with Crippen molar-refractivity contribution in [3.8, 4) is 0 Å². The Kier molecular flexibility index (Phi) is 4.76. The number of nitro groups is 2. The van der Waals surface area contributed by atoms with Crippen LogP contribution in [-0.4, -0.2) is 19.5 Å². The molecule has 1 heterocycles. The lowest BCUT2D eigenvalue weighted by atomic mass is 9.93. The molecule has 8 heteroatoms. The van der Waals surface area contributed by atoms with Crippen LogP contribution < -0.4 is 0 Å². The Morgan fingerprint density at radius 1 is 0.769 bits per heavy atom. The van der Waals surface area contributed by atoms with Crippen molar-refractivity contribution in [2.24, 2.45) is 0 Å². The normalized spacial score (nSPS) is 13.1. The molecule has 0 spiro atoms. The van der Waals surface area contributed by atoms with E-state index in [0.717, 1.165) is 0 Å². The molecule has 1 aromatic heterocycles. The van der Waals surface area contributed by atoms with Gasteiger partial charge in [0.05, 0.1) is 27.0 Å². The number of aromatic nitrogens is 1. The highest BCUT2D eigenvalue weighted by molar-refractivity contribution is 5.47. The van der Waals surface area contributed by atoms with Gasteiger partial charge in [-0.25, -0.2) is 0 Å². The molecular weight excluding hydrogens is 338 g/mol. The van der Waals surface area contributed by atoms with Crippen molar-refractivity contribution >= 4 is 11.4 Å². The highest BCUT2D eigenvalue weighted by atomic mass is 16.6. The molecular formula is C18H15N3O5. The number of aliphatic hydroxyl groups is 1. The maximum atomic E-state index is 11.4. The minimum absolute atomic E-state index is 0.0920. The Bertz CT molecular complexity index is 940. The monoisotopic (exact) mass is 353 g/mol. The van der Waals surface area contributed by atoms with Gasteiger partial charge in [0.2, 0.25) is 0 Å². The first-order chi connectivity index (χ1) is 12.5. The summed E-state index contributed by atoms with van der Waals surface area (Å²) >= 11 is 0. The topological polar surface area (TPSA) is 111 Å². The lowest BCUT2D eigenvalue weighted by Crippen LogP contribution is -2.20. The van der Waals surface area contributed by atoms with Crippen molar-refractivity contribution in [1.82, 2.24) is 4.57 Å². The molecule has 0 aliphatic heterocycles. The molecule has 0 radical (unpaired) electrons. The Morgan fingerprint density at radius 3 is 1.77 bits per heavy atom. The van der Waals surface area contributed by atoms with Gasteiger partial charge < -0.3 is 9.67 Å². The molecule has 0 saturated heterocycles. The van der Waals surface area contributed by atoms with Crippen LogP contribution in [0.25, 0.3) is 0 Å². The zero-order valence-electron chi connectivity index (χ0n) is 13.5. The molecule has 0 aliphatic carbocycles. The highest BCUT2D eigenvalue weighted by Crippen LogP contribution is 2.39. The SMILES string of the molecule is O=[N+]([O-])c1ccccc1C(O)C(c1ccccc1[N+](=O)[O-])n1cccc1. The second-order valence-electron chi connectivity index (χ2n) is 5.65. The highest BCUT2D eigenvalue weighted by Gasteiger charge is 2.33. The fourth-order valence-corrected chi connectivity index (χ4v) is 3.00. The van der Waals surface area contributed by atoms with Crippen LogP contribution in [0.2, 0.25) is 0 Å². The van der Waals surface area contributed by atoms with Gasteiger partial charge in [-0.05, 0) is 24.3 Å². The third-order valence-electron chi connectivity index (χ3n) is 4.15. The largest absolute Gasteiger partial charge is 0.386 e. The average Bonchev–Trinajstić information content (AvgIpc) is 3.16. The number of benzene rings is 2.